The lowest BCUT2D eigenvalue weighted by Crippen LogP contribution is -2.63. The number of halogens is 2. The van der Waals surface area contributed by atoms with E-state index in [9.17, 15) is 18.8 Å². The number of morpholine rings is 1. The van der Waals surface area contributed by atoms with E-state index in [1.165, 1.54) is 12.4 Å². The molecule has 2 aromatic carbocycles. The van der Waals surface area contributed by atoms with E-state index in [2.05, 4.69) is 25.8 Å². The van der Waals surface area contributed by atoms with Gasteiger partial charge < -0.3 is 26.4 Å². The number of ether oxygens (including phenoxy) is 1. The second-order valence-electron chi connectivity index (χ2n) is 9.91. The van der Waals surface area contributed by atoms with Crippen molar-refractivity contribution in [3.8, 4) is 0 Å². The van der Waals surface area contributed by atoms with Crippen molar-refractivity contribution >= 4 is 41.3 Å². The van der Waals surface area contributed by atoms with Gasteiger partial charge in [-0.15, -0.1) is 0 Å². The average molecular weight is 545 g/mol. The number of hydrogen-bond donors (Lipinski definition) is 4. The standard InChI is InChI=1S/C26H30ClFN6O4/c1-25(2,14-34-9-11-38-12-10-34)33-23(36)21-26(24(29)37,31-15-30-21)16-3-6-18(7-4-16)32-22(35)19-8-5-17(28)13-20(19)27/h3-8,13,15,21H,9-12,14H2,1-2H3,(H2,29,37)(H,30,31)(H,32,35)(H,33,36). The monoisotopic (exact) mass is 544 g/mol. The number of nitrogens with one attached hydrogen (secondary N) is 3. The molecule has 0 radical (unpaired) electrons. The molecule has 2 aliphatic rings. The number of nitrogens with zero attached hydrogens (tertiary/aromatic N) is 2. The van der Waals surface area contributed by atoms with E-state index in [1.54, 1.807) is 24.3 Å². The topological polar surface area (TPSA) is 138 Å². The molecule has 1 saturated heterocycles. The first-order chi connectivity index (χ1) is 18.0. The van der Waals surface area contributed by atoms with Gasteiger partial charge in [0, 0.05) is 30.9 Å². The van der Waals surface area contributed by atoms with Gasteiger partial charge in [0.1, 0.15) is 5.82 Å². The number of rotatable bonds is 8. The van der Waals surface area contributed by atoms with Crippen LogP contribution in [0.3, 0.4) is 0 Å². The van der Waals surface area contributed by atoms with E-state index < -0.39 is 40.7 Å². The van der Waals surface area contributed by atoms with Gasteiger partial charge in [-0.1, -0.05) is 23.7 Å². The Labute approximate surface area is 224 Å². The molecule has 0 spiro atoms. The van der Waals surface area contributed by atoms with Crippen LogP contribution in [-0.4, -0.2) is 73.4 Å². The highest BCUT2D eigenvalue weighted by Crippen LogP contribution is 2.32. The molecular formula is C26H30ClFN6O4. The maximum Gasteiger partial charge on any atom is 0.257 e. The van der Waals surface area contributed by atoms with E-state index in [1.807, 2.05) is 13.8 Å². The Morgan fingerprint density at radius 3 is 2.53 bits per heavy atom. The van der Waals surface area contributed by atoms with E-state index in [4.69, 9.17) is 22.1 Å². The van der Waals surface area contributed by atoms with Crippen LogP contribution in [-0.2, 0) is 19.9 Å². The third-order valence-corrected chi connectivity index (χ3v) is 6.83. The van der Waals surface area contributed by atoms with Crippen LogP contribution in [0.1, 0.15) is 29.8 Å². The molecule has 202 valence electrons. The van der Waals surface area contributed by atoms with Crippen molar-refractivity contribution in [1.29, 1.82) is 0 Å². The van der Waals surface area contributed by atoms with Crippen molar-refractivity contribution < 1.29 is 23.5 Å². The maximum absolute atomic E-state index is 13.4. The third-order valence-electron chi connectivity index (χ3n) is 6.52. The van der Waals surface area contributed by atoms with E-state index in [0.29, 0.717) is 31.0 Å². The highest BCUT2D eigenvalue weighted by Gasteiger charge is 2.52. The van der Waals surface area contributed by atoms with E-state index in [0.717, 1.165) is 25.2 Å². The minimum Gasteiger partial charge on any atom is -0.379 e. The molecule has 3 amide bonds. The lowest BCUT2D eigenvalue weighted by molar-refractivity contribution is -0.132. The number of carbonyl (C=O) groups excluding carboxylic acids is 3. The third kappa shape index (κ3) is 5.79. The summed E-state index contributed by atoms with van der Waals surface area (Å²) in [6.45, 7) is 7.22. The smallest absolute Gasteiger partial charge is 0.257 e. The Morgan fingerprint density at radius 2 is 1.89 bits per heavy atom. The van der Waals surface area contributed by atoms with Crippen molar-refractivity contribution in [3.63, 3.8) is 0 Å². The average Bonchev–Trinajstić information content (AvgIpc) is 3.31. The predicted molar refractivity (Wildman–Crippen MR) is 142 cm³/mol. The van der Waals surface area contributed by atoms with Crippen LogP contribution in [0.25, 0.3) is 0 Å². The van der Waals surface area contributed by atoms with Gasteiger partial charge in [0.15, 0.2) is 11.6 Å². The molecule has 5 N–H and O–H groups in total. The van der Waals surface area contributed by atoms with Gasteiger partial charge >= 0.3 is 0 Å². The summed E-state index contributed by atoms with van der Waals surface area (Å²) in [5.74, 6) is -2.32. The molecule has 10 nitrogen and oxygen atoms in total. The first-order valence-electron chi connectivity index (χ1n) is 12.1. The Balaban J connectivity index is 1.50. The van der Waals surface area contributed by atoms with Crippen molar-refractivity contribution in [2.24, 2.45) is 10.7 Å². The van der Waals surface area contributed by atoms with E-state index >= 15 is 0 Å². The van der Waals surface area contributed by atoms with Gasteiger partial charge in [-0.05, 0) is 49.7 Å². The van der Waals surface area contributed by atoms with Crippen molar-refractivity contribution in [2.45, 2.75) is 31.0 Å². The first kappa shape index (κ1) is 27.5. The van der Waals surface area contributed by atoms with Gasteiger partial charge in [0.05, 0.1) is 30.1 Å². The van der Waals surface area contributed by atoms with Gasteiger partial charge in [-0.25, -0.2) is 4.39 Å². The molecule has 0 aromatic heterocycles. The van der Waals surface area contributed by atoms with Gasteiger partial charge in [0.25, 0.3) is 11.8 Å². The van der Waals surface area contributed by atoms with Gasteiger partial charge in [-0.2, -0.15) is 0 Å². The van der Waals surface area contributed by atoms with Crippen LogP contribution in [0, 0.1) is 5.82 Å². The van der Waals surface area contributed by atoms with Crippen LogP contribution in [0.2, 0.25) is 5.02 Å². The molecule has 38 heavy (non-hydrogen) atoms. The summed E-state index contributed by atoms with van der Waals surface area (Å²) in [5, 5.41) is 8.55. The van der Waals surface area contributed by atoms with Crippen LogP contribution in [0.5, 0.6) is 0 Å². The second kappa shape index (κ2) is 11.1. The lowest BCUT2D eigenvalue weighted by Gasteiger charge is -2.37. The zero-order chi connectivity index (χ0) is 27.5. The molecule has 4 rings (SSSR count). The van der Waals surface area contributed by atoms with Crippen molar-refractivity contribution in [1.82, 2.24) is 15.5 Å². The normalized spacial score (nSPS) is 21.5. The quantitative estimate of drug-likeness (QED) is 0.398. The number of nitrogens with two attached hydrogens (primary N) is 1. The van der Waals surface area contributed by atoms with Gasteiger partial charge in [0.2, 0.25) is 5.91 Å². The number of hydrogen-bond acceptors (Lipinski definition) is 7. The number of aliphatic imine (C=N–C) groups is 1. The van der Waals surface area contributed by atoms with Crippen LogP contribution >= 0.6 is 11.6 Å². The summed E-state index contributed by atoms with van der Waals surface area (Å²) < 4.78 is 18.7. The zero-order valence-corrected chi connectivity index (χ0v) is 21.8. The van der Waals surface area contributed by atoms with Gasteiger partial charge in [-0.3, -0.25) is 24.3 Å². The fourth-order valence-corrected chi connectivity index (χ4v) is 4.96. The summed E-state index contributed by atoms with van der Waals surface area (Å²) >= 11 is 5.98. The summed E-state index contributed by atoms with van der Waals surface area (Å²) in [7, 11) is 0. The molecule has 2 aliphatic heterocycles. The first-order valence-corrected chi connectivity index (χ1v) is 12.5. The SMILES string of the molecule is CC(C)(CN1CCOCC1)NC(=O)C1N=CNC1(C(N)=O)c1ccc(NC(=O)c2ccc(F)cc2Cl)cc1. The molecular weight excluding hydrogens is 515 g/mol. The Hall–Kier alpha value is -3.54. The molecule has 12 heteroatoms. The summed E-state index contributed by atoms with van der Waals surface area (Å²) in [6.07, 6.45) is 1.30. The molecule has 2 atom stereocenters. The number of anilines is 1. The number of primary amides is 1. The summed E-state index contributed by atoms with van der Waals surface area (Å²) in [4.78, 5) is 45.2. The minimum absolute atomic E-state index is 0.0236. The molecule has 0 saturated carbocycles. The molecule has 0 aliphatic carbocycles. The second-order valence-corrected chi connectivity index (χ2v) is 10.3. The Morgan fingerprint density at radius 1 is 1.21 bits per heavy atom. The highest BCUT2D eigenvalue weighted by atomic mass is 35.5. The van der Waals surface area contributed by atoms with Crippen LogP contribution in [0.4, 0.5) is 10.1 Å². The van der Waals surface area contributed by atoms with E-state index in [-0.39, 0.29) is 10.6 Å². The molecule has 2 heterocycles. The molecule has 2 aromatic rings. The van der Waals surface area contributed by atoms with Crippen LogP contribution in [0.15, 0.2) is 47.5 Å². The molecule has 1 fully saturated rings. The number of carbonyl (C=O) groups is 3. The fourth-order valence-electron chi connectivity index (χ4n) is 4.71. The number of benzene rings is 2. The fraction of sp³-hybridized carbons (Fsp3) is 0.385. The summed E-state index contributed by atoms with van der Waals surface area (Å²) in [6, 6.07) is 8.60. The van der Waals surface area contributed by atoms with Crippen LogP contribution < -0.4 is 21.7 Å². The minimum atomic E-state index is -1.62. The Bertz CT molecular complexity index is 1250. The largest absolute Gasteiger partial charge is 0.379 e. The van der Waals surface area contributed by atoms with Crippen molar-refractivity contribution in [2.75, 3.05) is 38.2 Å². The van der Waals surface area contributed by atoms with Crippen molar-refractivity contribution in [3.05, 3.63) is 64.4 Å². The lowest BCUT2D eigenvalue weighted by atomic mass is 9.82. The molecule has 2 unspecified atom stereocenters. The highest BCUT2D eigenvalue weighted by molar-refractivity contribution is 6.34. The maximum atomic E-state index is 13.4. The zero-order valence-electron chi connectivity index (χ0n) is 21.1. The summed E-state index contributed by atoms with van der Waals surface area (Å²) in [5.41, 5.74) is 4.50. The molecule has 0 bridgehead atoms. The number of amides is 3. The predicted octanol–water partition coefficient (Wildman–Crippen LogP) is 1.64. The Kier molecular flexibility index (Phi) is 8.00.